The molecule has 0 amide bonds. The van der Waals surface area contributed by atoms with Crippen molar-refractivity contribution in [3.8, 4) is 0 Å². The Morgan fingerprint density at radius 2 is 1.94 bits per heavy atom. The van der Waals surface area contributed by atoms with Crippen LogP contribution in [0.15, 0.2) is 0 Å². The van der Waals surface area contributed by atoms with Crippen LogP contribution in [-0.2, 0) is 0 Å². The van der Waals surface area contributed by atoms with E-state index in [1.165, 1.54) is 58.2 Å². The van der Waals surface area contributed by atoms with Gasteiger partial charge < -0.3 is 10.6 Å². The number of hydrogen-bond acceptors (Lipinski definition) is 2. The first-order valence-electron chi connectivity index (χ1n) is 7.23. The third-order valence-corrected chi connectivity index (χ3v) is 4.81. The molecule has 0 aromatic heterocycles. The molecule has 2 saturated carbocycles. The van der Waals surface area contributed by atoms with Crippen molar-refractivity contribution in [2.24, 2.45) is 17.8 Å². The van der Waals surface area contributed by atoms with E-state index in [9.17, 15) is 0 Å². The lowest BCUT2D eigenvalue weighted by Crippen LogP contribution is -2.46. The SMILES string of the molecule is CC1(CNCC(C2CC2)C2CC2)CCCN1. The topological polar surface area (TPSA) is 24.1 Å². The molecule has 2 N–H and O–H groups in total. The zero-order valence-electron chi connectivity index (χ0n) is 10.6. The molecule has 2 heteroatoms. The predicted molar refractivity (Wildman–Crippen MR) is 67.4 cm³/mol. The van der Waals surface area contributed by atoms with Gasteiger partial charge in [-0.1, -0.05) is 0 Å². The Morgan fingerprint density at radius 1 is 1.25 bits per heavy atom. The van der Waals surface area contributed by atoms with Gasteiger partial charge in [-0.05, 0) is 76.3 Å². The van der Waals surface area contributed by atoms with Crippen molar-refractivity contribution in [3.63, 3.8) is 0 Å². The first-order valence-corrected chi connectivity index (χ1v) is 7.23. The first kappa shape index (κ1) is 11.0. The molecule has 2 aliphatic carbocycles. The second kappa shape index (κ2) is 4.30. The van der Waals surface area contributed by atoms with Gasteiger partial charge in [0.15, 0.2) is 0 Å². The minimum atomic E-state index is 0.387. The molecule has 0 bridgehead atoms. The Bertz CT molecular complexity index is 225. The molecule has 0 aromatic rings. The van der Waals surface area contributed by atoms with Crippen LogP contribution >= 0.6 is 0 Å². The molecule has 0 radical (unpaired) electrons. The van der Waals surface area contributed by atoms with Gasteiger partial charge in [0, 0.05) is 12.1 Å². The van der Waals surface area contributed by atoms with E-state index in [0.29, 0.717) is 5.54 Å². The Labute approximate surface area is 99.6 Å². The number of hydrogen-bond donors (Lipinski definition) is 2. The van der Waals surface area contributed by atoms with Crippen LogP contribution < -0.4 is 10.6 Å². The summed E-state index contributed by atoms with van der Waals surface area (Å²) in [4.78, 5) is 0. The molecular weight excluding hydrogens is 196 g/mol. The summed E-state index contributed by atoms with van der Waals surface area (Å²) >= 11 is 0. The Kier molecular flexibility index (Phi) is 2.97. The van der Waals surface area contributed by atoms with Crippen LogP contribution in [-0.4, -0.2) is 25.2 Å². The van der Waals surface area contributed by atoms with Gasteiger partial charge in [-0.2, -0.15) is 0 Å². The molecule has 1 heterocycles. The van der Waals surface area contributed by atoms with E-state index in [0.717, 1.165) is 17.8 Å². The predicted octanol–water partition coefficient (Wildman–Crippen LogP) is 2.15. The zero-order valence-corrected chi connectivity index (χ0v) is 10.6. The largest absolute Gasteiger partial charge is 0.315 e. The summed E-state index contributed by atoms with van der Waals surface area (Å²) < 4.78 is 0. The molecular formula is C14H26N2. The van der Waals surface area contributed by atoms with Gasteiger partial charge >= 0.3 is 0 Å². The van der Waals surface area contributed by atoms with E-state index in [1.807, 2.05) is 0 Å². The number of nitrogens with one attached hydrogen (secondary N) is 2. The molecule has 3 aliphatic rings. The molecule has 1 atom stereocenters. The Hall–Kier alpha value is -0.0800. The normalized spacial score (nSPS) is 34.9. The van der Waals surface area contributed by atoms with Crippen molar-refractivity contribution >= 4 is 0 Å². The maximum Gasteiger partial charge on any atom is 0.0278 e. The molecule has 16 heavy (non-hydrogen) atoms. The zero-order chi connectivity index (χ0) is 11.0. The molecule has 3 fully saturated rings. The van der Waals surface area contributed by atoms with Crippen LogP contribution in [0.25, 0.3) is 0 Å². The van der Waals surface area contributed by atoms with E-state index in [1.54, 1.807) is 0 Å². The lowest BCUT2D eigenvalue weighted by atomic mass is 9.96. The van der Waals surface area contributed by atoms with Crippen LogP contribution in [0, 0.1) is 17.8 Å². The summed E-state index contributed by atoms with van der Waals surface area (Å²) in [5.41, 5.74) is 0.387. The van der Waals surface area contributed by atoms with Crippen LogP contribution in [0.1, 0.15) is 45.4 Å². The maximum absolute atomic E-state index is 3.75. The van der Waals surface area contributed by atoms with Gasteiger partial charge in [0.25, 0.3) is 0 Å². The highest BCUT2D eigenvalue weighted by atomic mass is 15.0. The number of rotatable bonds is 6. The van der Waals surface area contributed by atoms with E-state index >= 15 is 0 Å². The van der Waals surface area contributed by atoms with Crippen molar-refractivity contribution in [2.45, 2.75) is 51.0 Å². The quantitative estimate of drug-likeness (QED) is 0.719. The monoisotopic (exact) mass is 222 g/mol. The van der Waals surface area contributed by atoms with Gasteiger partial charge in [-0.15, -0.1) is 0 Å². The molecule has 0 spiro atoms. The van der Waals surface area contributed by atoms with Crippen molar-refractivity contribution in [1.29, 1.82) is 0 Å². The average Bonchev–Trinajstić information content (AvgIpc) is 3.16. The highest BCUT2D eigenvalue weighted by molar-refractivity contribution is 4.94. The smallest absolute Gasteiger partial charge is 0.0278 e. The molecule has 0 aromatic carbocycles. The third kappa shape index (κ3) is 2.60. The van der Waals surface area contributed by atoms with Gasteiger partial charge in [0.05, 0.1) is 0 Å². The first-order chi connectivity index (χ1) is 7.77. The fraction of sp³-hybridized carbons (Fsp3) is 1.00. The van der Waals surface area contributed by atoms with Gasteiger partial charge in [0.1, 0.15) is 0 Å². The van der Waals surface area contributed by atoms with E-state index in [4.69, 9.17) is 0 Å². The van der Waals surface area contributed by atoms with Crippen molar-refractivity contribution in [2.75, 3.05) is 19.6 Å². The molecule has 1 unspecified atom stereocenters. The van der Waals surface area contributed by atoms with Crippen LogP contribution in [0.5, 0.6) is 0 Å². The highest BCUT2D eigenvalue weighted by Gasteiger charge is 2.41. The summed E-state index contributed by atoms with van der Waals surface area (Å²) in [5, 5.41) is 7.38. The molecule has 3 rings (SSSR count). The van der Waals surface area contributed by atoms with Crippen molar-refractivity contribution in [1.82, 2.24) is 10.6 Å². The lowest BCUT2D eigenvalue weighted by Gasteiger charge is -2.26. The second-order valence-corrected chi connectivity index (χ2v) is 6.56. The molecule has 1 aliphatic heterocycles. The Morgan fingerprint density at radius 3 is 2.44 bits per heavy atom. The summed E-state index contributed by atoms with van der Waals surface area (Å²) in [7, 11) is 0. The lowest BCUT2D eigenvalue weighted by molar-refractivity contribution is 0.332. The Balaban J connectivity index is 1.41. The molecule has 92 valence electrons. The summed E-state index contributed by atoms with van der Waals surface area (Å²) in [6, 6.07) is 0. The second-order valence-electron chi connectivity index (χ2n) is 6.56. The standard InChI is InChI=1S/C14H26N2/c1-14(7-2-8-16-14)10-15-9-13(11-3-4-11)12-5-6-12/h11-13,15-16H,2-10H2,1H3. The average molecular weight is 222 g/mol. The van der Waals surface area contributed by atoms with Crippen molar-refractivity contribution in [3.05, 3.63) is 0 Å². The van der Waals surface area contributed by atoms with Gasteiger partial charge in [-0.3, -0.25) is 0 Å². The molecule has 2 nitrogen and oxygen atoms in total. The summed E-state index contributed by atoms with van der Waals surface area (Å²) in [6.07, 6.45) is 8.75. The van der Waals surface area contributed by atoms with Crippen LogP contribution in [0.2, 0.25) is 0 Å². The minimum absolute atomic E-state index is 0.387. The highest BCUT2D eigenvalue weighted by Crippen LogP contribution is 2.48. The third-order valence-electron chi connectivity index (χ3n) is 4.81. The summed E-state index contributed by atoms with van der Waals surface area (Å²) in [5.74, 6) is 3.19. The van der Waals surface area contributed by atoms with Crippen molar-refractivity contribution < 1.29 is 0 Å². The van der Waals surface area contributed by atoms with E-state index < -0.39 is 0 Å². The van der Waals surface area contributed by atoms with Crippen LogP contribution in [0.4, 0.5) is 0 Å². The van der Waals surface area contributed by atoms with E-state index in [2.05, 4.69) is 17.6 Å². The minimum Gasteiger partial charge on any atom is -0.315 e. The van der Waals surface area contributed by atoms with Gasteiger partial charge in [0.2, 0.25) is 0 Å². The fourth-order valence-corrected chi connectivity index (χ4v) is 3.39. The van der Waals surface area contributed by atoms with E-state index in [-0.39, 0.29) is 0 Å². The summed E-state index contributed by atoms with van der Waals surface area (Å²) in [6.45, 7) is 6.04. The van der Waals surface area contributed by atoms with Gasteiger partial charge in [-0.25, -0.2) is 0 Å². The fourth-order valence-electron chi connectivity index (χ4n) is 3.39. The molecule has 1 saturated heterocycles. The maximum atomic E-state index is 3.75. The van der Waals surface area contributed by atoms with Crippen LogP contribution in [0.3, 0.4) is 0 Å².